The number of hydrogen-bond acceptors (Lipinski definition) is 4. The molecular weight excluding hydrogens is 248 g/mol. The van der Waals surface area contributed by atoms with Crippen LogP contribution in [0.25, 0.3) is 0 Å². The monoisotopic (exact) mass is 254 g/mol. The SMILES string of the molecule is O=C(O)c1ccc(Nc2nc(Cl)cs2)cc1. The van der Waals surface area contributed by atoms with Crippen LogP contribution in [0.1, 0.15) is 10.4 Å². The highest BCUT2D eigenvalue weighted by atomic mass is 35.5. The van der Waals surface area contributed by atoms with Crippen molar-refractivity contribution in [1.29, 1.82) is 0 Å². The molecule has 2 rings (SSSR count). The first-order valence-corrected chi connectivity index (χ1v) is 5.62. The topological polar surface area (TPSA) is 62.2 Å². The number of anilines is 2. The molecule has 0 saturated carbocycles. The number of nitrogens with one attached hydrogen (secondary N) is 1. The maximum Gasteiger partial charge on any atom is 0.335 e. The summed E-state index contributed by atoms with van der Waals surface area (Å²) in [4.78, 5) is 14.6. The summed E-state index contributed by atoms with van der Waals surface area (Å²) >= 11 is 7.06. The third kappa shape index (κ3) is 2.50. The van der Waals surface area contributed by atoms with Gasteiger partial charge >= 0.3 is 5.97 Å². The minimum atomic E-state index is -0.941. The van der Waals surface area contributed by atoms with E-state index in [-0.39, 0.29) is 5.56 Å². The molecule has 0 bridgehead atoms. The average Bonchev–Trinajstić information content (AvgIpc) is 2.65. The van der Waals surface area contributed by atoms with Crippen molar-refractivity contribution in [2.45, 2.75) is 0 Å². The van der Waals surface area contributed by atoms with Gasteiger partial charge in [-0.3, -0.25) is 0 Å². The summed E-state index contributed by atoms with van der Waals surface area (Å²) in [6.45, 7) is 0. The van der Waals surface area contributed by atoms with Crippen LogP contribution in [0.5, 0.6) is 0 Å². The van der Waals surface area contributed by atoms with Gasteiger partial charge in [0.25, 0.3) is 0 Å². The molecule has 0 radical (unpaired) electrons. The number of carboxylic acids is 1. The molecule has 0 aliphatic heterocycles. The van der Waals surface area contributed by atoms with Gasteiger partial charge < -0.3 is 10.4 Å². The van der Waals surface area contributed by atoms with Gasteiger partial charge in [0, 0.05) is 11.1 Å². The molecule has 0 aliphatic rings. The molecule has 0 saturated heterocycles. The first kappa shape index (κ1) is 10.9. The van der Waals surface area contributed by atoms with Crippen molar-refractivity contribution < 1.29 is 9.90 Å². The number of thiazole rings is 1. The van der Waals surface area contributed by atoms with E-state index >= 15 is 0 Å². The van der Waals surface area contributed by atoms with Crippen LogP contribution in [-0.4, -0.2) is 16.1 Å². The van der Waals surface area contributed by atoms with Gasteiger partial charge in [-0.1, -0.05) is 11.6 Å². The fourth-order valence-electron chi connectivity index (χ4n) is 1.13. The molecular formula is C10H7ClN2O2S. The van der Waals surface area contributed by atoms with Crippen LogP contribution in [0.3, 0.4) is 0 Å². The van der Waals surface area contributed by atoms with E-state index in [1.807, 2.05) is 0 Å². The van der Waals surface area contributed by atoms with Crippen LogP contribution in [-0.2, 0) is 0 Å². The van der Waals surface area contributed by atoms with E-state index < -0.39 is 5.97 Å². The number of carboxylic acid groups (broad SMARTS) is 1. The summed E-state index contributed by atoms with van der Waals surface area (Å²) in [6, 6.07) is 6.41. The second kappa shape index (κ2) is 4.51. The lowest BCUT2D eigenvalue weighted by molar-refractivity contribution is 0.0697. The molecule has 82 valence electrons. The standard InChI is InChI=1S/C10H7ClN2O2S/c11-8-5-16-10(13-8)12-7-3-1-6(2-4-7)9(14)15/h1-5H,(H,12,13)(H,14,15). The highest BCUT2D eigenvalue weighted by molar-refractivity contribution is 7.14. The summed E-state index contributed by atoms with van der Waals surface area (Å²) in [5.41, 5.74) is 1.03. The Labute approximate surface area is 101 Å². The molecule has 0 amide bonds. The molecule has 4 nitrogen and oxygen atoms in total. The zero-order valence-electron chi connectivity index (χ0n) is 7.98. The number of halogens is 1. The summed E-state index contributed by atoms with van der Waals surface area (Å²) < 4.78 is 0. The highest BCUT2D eigenvalue weighted by Crippen LogP contribution is 2.23. The van der Waals surface area contributed by atoms with Crippen molar-refractivity contribution in [2.75, 3.05) is 5.32 Å². The van der Waals surface area contributed by atoms with Crippen LogP contribution in [0.15, 0.2) is 29.6 Å². The van der Waals surface area contributed by atoms with Gasteiger partial charge in [-0.25, -0.2) is 9.78 Å². The average molecular weight is 255 g/mol. The summed E-state index contributed by atoms with van der Waals surface area (Å²) in [5, 5.41) is 14.6. The molecule has 2 aromatic rings. The van der Waals surface area contributed by atoms with Gasteiger partial charge in [-0.05, 0) is 24.3 Å². The Balaban J connectivity index is 2.14. The molecule has 1 heterocycles. The van der Waals surface area contributed by atoms with Crippen LogP contribution in [0, 0.1) is 0 Å². The van der Waals surface area contributed by atoms with Gasteiger partial charge in [0.05, 0.1) is 5.56 Å². The second-order valence-corrected chi connectivity index (χ2v) is 4.23. The molecule has 1 aromatic carbocycles. The van der Waals surface area contributed by atoms with Crippen LogP contribution < -0.4 is 5.32 Å². The molecule has 0 aliphatic carbocycles. The normalized spacial score (nSPS) is 10.1. The van der Waals surface area contributed by atoms with Gasteiger partial charge in [0.15, 0.2) is 5.13 Å². The maximum atomic E-state index is 10.6. The number of rotatable bonds is 3. The van der Waals surface area contributed by atoms with Crippen LogP contribution in [0.4, 0.5) is 10.8 Å². The molecule has 6 heteroatoms. The van der Waals surface area contributed by atoms with E-state index in [1.54, 1.807) is 17.5 Å². The Morgan fingerprint density at radius 1 is 1.38 bits per heavy atom. The minimum absolute atomic E-state index is 0.253. The lowest BCUT2D eigenvalue weighted by atomic mass is 10.2. The number of carbonyl (C=O) groups is 1. The largest absolute Gasteiger partial charge is 0.478 e. The van der Waals surface area contributed by atoms with E-state index in [4.69, 9.17) is 16.7 Å². The fourth-order valence-corrected chi connectivity index (χ4v) is 1.99. The molecule has 0 atom stereocenters. The van der Waals surface area contributed by atoms with Gasteiger partial charge in [0.2, 0.25) is 0 Å². The maximum absolute atomic E-state index is 10.6. The predicted molar refractivity (Wildman–Crippen MR) is 63.8 cm³/mol. The lowest BCUT2D eigenvalue weighted by Crippen LogP contribution is -1.96. The van der Waals surface area contributed by atoms with Gasteiger partial charge in [-0.15, -0.1) is 11.3 Å². The number of benzene rings is 1. The highest BCUT2D eigenvalue weighted by Gasteiger charge is 2.03. The molecule has 0 spiro atoms. The van der Waals surface area contributed by atoms with E-state index in [0.29, 0.717) is 10.3 Å². The fraction of sp³-hybridized carbons (Fsp3) is 0. The first-order valence-electron chi connectivity index (χ1n) is 4.36. The summed E-state index contributed by atoms with van der Waals surface area (Å²) in [7, 11) is 0. The van der Waals surface area contributed by atoms with E-state index in [1.165, 1.54) is 23.5 Å². The van der Waals surface area contributed by atoms with Crippen molar-refractivity contribution in [3.63, 3.8) is 0 Å². The van der Waals surface area contributed by atoms with Crippen molar-refractivity contribution in [3.8, 4) is 0 Å². The third-order valence-corrected chi connectivity index (χ3v) is 2.94. The first-order chi connectivity index (χ1) is 7.65. The van der Waals surface area contributed by atoms with Crippen molar-refractivity contribution in [2.24, 2.45) is 0 Å². The minimum Gasteiger partial charge on any atom is -0.478 e. The Bertz CT molecular complexity index is 510. The predicted octanol–water partition coefficient (Wildman–Crippen LogP) is 3.24. The third-order valence-electron chi connectivity index (χ3n) is 1.86. The zero-order valence-corrected chi connectivity index (χ0v) is 9.55. The second-order valence-electron chi connectivity index (χ2n) is 2.98. The Kier molecular flexibility index (Phi) is 3.07. The summed E-state index contributed by atoms with van der Waals surface area (Å²) in [5.74, 6) is -0.941. The van der Waals surface area contributed by atoms with Crippen LogP contribution >= 0.6 is 22.9 Å². The van der Waals surface area contributed by atoms with Gasteiger partial charge in [0.1, 0.15) is 5.15 Å². The van der Waals surface area contributed by atoms with E-state index in [9.17, 15) is 4.79 Å². The molecule has 1 aromatic heterocycles. The quantitative estimate of drug-likeness (QED) is 0.883. The smallest absolute Gasteiger partial charge is 0.335 e. The van der Waals surface area contributed by atoms with Crippen LogP contribution in [0.2, 0.25) is 5.15 Å². The zero-order chi connectivity index (χ0) is 11.5. The molecule has 0 fully saturated rings. The molecule has 0 unspecified atom stereocenters. The molecule has 16 heavy (non-hydrogen) atoms. The Morgan fingerprint density at radius 2 is 2.06 bits per heavy atom. The van der Waals surface area contributed by atoms with E-state index in [2.05, 4.69) is 10.3 Å². The lowest BCUT2D eigenvalue weighted by Gasteiger charge is -2.02. The van der Waals surface area contributed by atoms with E-state index in [0.717, 1.165) is 5.69 Å². The number of aromatic carboxylic acids is 1. The van der Waals surface area contributed by atoms with Gasteiger partial charge in [-0.2, -0.15) is 0 Å². The van der Waals surface area contributed by atoms with Crippen molar-refractivity contribution in [3.05, 3.63) is 40.4 Å². The number of aromatic nitrogens is 1. The number of hydrogen-bond donors (Lipinski definition) is 2. The summed E-state index contributed by atoms with van der Waals surface area (Å²) in [6.07, 6.45) is 0. The van der Waals surface area contributed by atoms with Crippen molar-refractivity contribution in [1.82, 2.24) is 4.98 Å². The Hall–Kier alpha value is -1.59. The molecule has 2 N–H and O–H groups in total. The Morgan fingerprint density at radius 3 is 2.56 bits per heavy atom. The number of nitrogens with zero attached hydrogens (tertiary/aromatic N) is 1. The van der Waals surface area contributed by atoms with Crippen molar-refractivity contribution >= 4 is 39.7 Å².